The average Bonchev–Trinajstić information content (AvgIpc) is 2.68. The van der Waals surface area contributed by atoms with Gasteiger partial charge < -0.3 is 9.64 Å². The molecule has 0 radical (unpaired) electrons. The molecule has 146 valence electrons. The van der Waals surface area contributed by atoms with Crippen molar-refractivity contribution in [1.29, 1.82) is 0 Å². The van der Waals surface area contributed by atoms with Crippen LogP contribution in [-0.4, -0.2) is 12.1 Å². The predicted molar refractivity (Wildman–Crippen MR) is 98.5 cm³/mol. The fourth-order valence-electron chi connectivity index (χ4n) is 2.87. The third-order valence-corrected chi connectivity index (χ3v) is 4.16. The summed E-state index contributed by atoms with van der Waals surface area (Å²) in [6, 6.07) is 19.6. The van der Waals surface area contributed by atoms with Crippen LogP contribution in [0.1, 0.15) is 16.8 Å². The third kappa shape index (κ3) is 4.60. The van der Waals surface area contributed by atoms with Crippen molar-refractivity contribution < 1.29 is 22.3 Å². The van der Waals surface area contributed by atoms with Crippen molar-refractivity contribution in [3.8, 4) is 5.88 Å². The van der Waals surface area contributed by atoms with Gasteiger partial charge in [-0.1, -0.05) is 60.7 Å². The molecule has 0 spiro atoms. The smallest absolute Gasteiger partial charge is 0.436 e. The number of benzene rings is 2. The number of nitrogens with zero attached hydrogens (tertiary/aromatic N) is 2. The Hall–Kier alpha value is -3.09. The summed E-state index contributed by atoms with van der Waals surface area (Å²) in [6.45, 7) is 0.692. The zero-order chi connectivity index (χ0) is 20.1. The summed E-state index contributed by atoms with van der Waals surface area (Å²) < 4.78 is 58.4. The molecule has 1 aromatic heterocycles. The number of alkyl halides is 3. The number of rotatable bonds is 6. The van der Waals surface area contributed by atoms with Crippen molar-refractivity contribution in [1.82, 2.24) is 4.98 Å². The second-order valence-electron chi connectivity index (χ2n) is 6.17. The van der Waals surface area contributed by atoms with E-state index in [0.29, 0.717) is 13.1 Å². The molecule has 7 heteroatoms. The summed E-state index contributed by atoms with van der Waals surface area (Å²) >= 11 is 0. The Bertz CT molecular complexity index is 873. The van der Waals surface area contributed by atoms with E-state index in [4.69, 9.17) is 4.74 Å². The van der Waals surface area contributed by atoms with Crippen LogP contribution in [0.25, 0.3) is 0 Å². The Morgan fingerprint density at radius 3 is 1.82 bits per heavy atom. The molecule has 0 unspecified atom stereocenters. The number of pyridine rings is 1. The fraction of sp³-hybridized carbons (Fsp3) is 0.190. The van der Waals surface area contributed by atoms with Crippen molar-refractivity contribution in [2.24, 2.45) is 0 Å². The van der Waals surface area contributed by atoms with Crippen LogP contribution in [0.2, 0.25) is 0 Å². The molecule has 1 heterocycles. The van der Waals surface area contributed by atoms with E-state index < -0.39 is 17.7 Å². The summed E-state index contributed by atoms with van der Waals surface area (Å²) in [5.41, 5.74) is 0.398. The van der Waals surface area contributed by atoms with E-state index in [9.17, 15) is 17.6 Å². The lowest BCUT2D eigenvalue weighted by atomic mass is 10.1. The summed E-state index contributed by atoms with van der Waals surface area (Å²) in [7, 11) is 1.22. The van der Waals surface area contributed by atoms with Gasteiger partial charge in [0, 0.05) is 19.2 Å². The molecule has 0 aliphatic rings. The molecule has 0 N–H and O–H groups in total. The second-order valence-corrected chi connectivity index (χ2v) is 6.17. The minimum atomic E-state index is -4.90. The standard InChI is InChI=1S/C21H18F4N2O/c1-28-20-18(12-17(22)19(26-20)21(23,24)25)27(13-15-8-4-2-5-9-15)14-16-10-6-3-7-11-16/h2-12H,13-14H2,1H3. The zero-order valence-corrected chi connectivity index (χ0v) is 15.1. The molecule has 0 aliphatic heterocycles. The second kappa shape index (κ2) is 8.29. The number of hydrogen-bond donors (Lipinski definition) is 0. The highest BCUT2D eigenvalue weighted by atomic mass is 19.4. The van der Waals surface area contributed by atoms with E-state index in [1.807, 2.05) is 60.7 Å². The van der Waals surface area contributed by atoms with Gasteiger partial charge in [0.15, 0.2) is 11.5 Å². The highest BCUT2D eigenvalue weighted by molar-refractivity contribution is 5.57. The van der Waals surface area contributed by atoms with Gasteiger partial charge in [-0.15, -0.1) is 0 Å². The van der Waals surface area contributed by atoms with Gasteiger partial charge in [0.25, 0.3) is 0 Å². The van der Waals surface area contributed by atoms with Crippen molar-refractivity contribution >= 4 is 5.69 Å². The van der Waals surface area contributed by atoms with Gasteiger partial charge in [0.1, 0.15) is 5.69 Å². The van der Waals surface area contributed by atoms with Crippen molar-refractivity contribution in [3.63, 3.8) is 0 Å². The van der Waals surface area contributed by atoms with Crippen LogP contribution >= 0.6 is 0 Å². The Balaban J connectivity index is 2.04. The van der Waals surface area contributed by atoms with Gasteiger partial charge in [-0.25, -0.2) is 9.37 Å². The van der Waals surface area contributed by atoms with E-state index in [0.717, 1.165) is 17.2 Å². The molecule has 0 saturated carbocycles. The Kier molecular flexibility index (Phi) is 5.82. The Morgan fingerprint density at radius 2 is 1.39 bits per heavy atom. The monoisotopic (exact) mass is 390 g/mol. The highest BCUT2D eigenvalue weighted by Crippen LogP contribution is 2.36. The first-order valence-electron chi connectivity index (χ1n) is 8.53. The van der Waals surface area contributed by atoms with Crippen LogP contribution in [0.15, 0.2) is 66.7 Å². The average molecular weight is 390 g/mol. The van der Waals surface area contributed by atoms with Crippen LogP contribution in [0, 0.1) is 5.82 Å². The quantitative estimate of drug-likeness (QED) is 0.523. The van der Waals surface area contributed by atoms with Crippen LogP contribution in [0.5, 0.6) is 5.88 Å². The molecule has 0 aliphatic carbocycles. The lowest BCUT2D eigenvalue weighted by Crippen LogP contribution is -2.24. The van der Waals surface area contributed by atoms with Gasteiger partial charge in [0.2, 0.25) is 5.88 Å². The van der Waals surface area contributed by atoms with E-state index in [-0.39, 0.29) is 11.6 Å². The lowest BCUT2D eigenvalue weighted by molar-refractivity contribution is -0.143. The first-order chi connectivity index (χ1) is 13.4. The van der Waals surface area contributed by atoms with E-state index in [1.54, 1.807) is 4.90 Å². The first-order valence-corrected chi connectivity index (χ1v) is 8.53. The molecule has 3 aromatic rings. The molecule has 0 saturated heterocycles. The number of anilines is 1. The minimum Gasteiger partial charge on any atom is -0.480 e. The molecule has 0 fully saturated rings. The Morgan fingerprint density at radius 1 is 0.893 bits per heavy atom. The molecule has 0 bridgehead atoms. The van der Waals surface area contributed by atoms with Crippen molar-refractivity contribution in [2.45, 2.75) is 19.3 Å². The number of methoxy groups -OCH3 is 1. The molecule has 28 heavy (non-hydrogen) atoms. The maximum Gasteiger partial charge on any atom is 0.436 e. The number of halogens is 4. The first kappa shape index (κ1) is 19.7. The van der Waals surface area contributed by atoms with Gasteiger partial charge >= 0.3 is 6.18 Å². The molecule has 3 nitrogen and oxygen atoms in total. The minimum absolute atomic E-state index is 0.153. The van der Waals surface area contributed by atoms with Crippen LogP contribution < -0.4 is 9.64 Å². The summed E-state index contributed by atoms with van der Waals surface area (Å²) in [5.74, 6) is -1.71. The number of aromatic nitrogens is 1. The molecule has 0 atom stereocenters. The maximum absolute atomic E-state index is 14.2. The fourth-order valence-corrected chi connectivity index (χ4v) is 2.87. The van der Waals surface area contributed by atoms with E-state index in [1.165, 1.54) is 7.11 Å². The number of hydrogen-bond acceptors (Lipinski definition) is 3. The van der Waals surface area contributed by atoms with Crippen LogP contribution in [0.3, 0.4) is 0 Å². The summed E-state index contributed by atoms with van der Waals surface area (Å²) in [5, 5.41) is 0. The third-order valence-electron chi connectivity index (χ3n) is 4.16. The van der Waals surface area contributed by atoms with Gasteiger partial charge in [-0.05, 0) is 11.1 Å². The molecular formula is C21H18F4N2O. The SMILES string of the molecule is COc1nc(C(F)(F)F)c(F)cc1N(Cc1ccccc1)Cc1ccccc1. The maximum atomic E-state index is 14.2. The van der Waals surface area contributed by atoms with Crippen LogP contribution in [-0.2, 0) is 19.3 Å². The van der Waals surface area contributed by atoms with E-state index in [2.05, 4.69) is 4.98 Å². The molecular weight excluding hydrogens is 372 g/mol. The lowest BCUT2D eigenvalue weighted by Gasteiger charge is -2.27. The normalized spacial score (nSPS) is 11.3. The predicted octanol–water partition coefficient (Wildman–Crippen LogP) is 5.45. The Labute approximate surface area is 160 Å². The molecule has 3 rings (SSSR count). The van der Waals surface area contributed by atoms with E-state index >= 15 is 0 Å². The van der Waals surface area contributed by atoms with Crippen molar-refractivity contribution in [3.05, 3.63) is 89.4 Å². The zero-order valence-electron chi connectivity index (χ0n) is 15.1. The largest absolute Gasteiger partial charge is 0.480 e. The van der Waals surface area contributed by atoms with Crippen molar-refractivity contribution in [2.75, 3.05) is 12.0 Å². The summed E-state index contributed by atoms with van der Waals surface area (Å²) in [6.07, 6.45) is -4.90. The van der Waals surface area contributed by atoms with Crippen LogP contribution in [0.4, 0.5) is 23.2 Å². The van der Waals surface area contributed by atoms with Gasteiger partial charge in [-0.3, -0.25) is 0 Å². The topological polar surface area (TPSA) is 25.4 Å². The highest BCUT2D eigenvalue weighted by Gasteiger charge is 2.38. The molecule has 0 amide bonds. The van der Waals surface area contributed by atoms with Gasteiger partial charge in [0.05, 0.1) is 7.11 Å². The summed E-state index contributed by atoms with van der Waals surface area (Å²) in [4.78, 5) is 5.14. The van der Waals surface area contributed by atoms with Gasteiger partial charge in [-0.2, -0.15) is 13.2 Å². The number of ether oxygens (including phenoxy) is 1. The molecule has 2 aromatic carbocycles.